The highest BCUT2D eigenvalue weighted by molar-refractivity contribution is 5.69. The number of rotatable bonds is 8. The predicted octanol–water partition coefficient (Wildman–Crippen LogP) is 2.86. The number of aromatic nitrogens is 2. The molecule has 0 saturated heterocycles. The van der Waals surface area contributed by atoms with Crippen LogP contribution >= 0.6 is 0 Å². The van der Waals surface area contributed by atoms with Crippen LogP contribution in [0.5, 0.6) is 0 Å². The molecule has 0 spiro atoms. The molecule has 7 heteroatoms. The highest BCUT2D eigenvalue weighted by Crippen LogP contribution is 2.28. The summed E-state index contributed by atoms with van der Waals surface area (Å²) in [7, 11) is 0. The number of benzene rings is 1. The molecule has 0 bridgehead atoms. The third-order valence-corrected chi connectivity index (χ3v) is 3.10. The Morgan fingerprint density at radius 3 is 2.32 bits per heavy atom. The monoisotopic (exact) mass is 301 g/mol. The van der Waals surface area contributed by atoms with Crippen molar-refractivity contribution in [2.45, 2.75) is 19.8 Å². The highest BCUT2D eigenvalue weighted by atomic mass is 16.6. The van der Waals surface area contributed by atoms with E-state index in [9.17, 15) is 10.1 Å². The molecule has 0 atom stereocenters. The summed E-state index contributed by atoms with van der Waals surface area (Å²) in [6.45, 7) is 3.18. The Morgan fingerprint density at radius 2 is 1.73 bits per heavy atom. The quantitative estimate of drug-likeness (QED) is 0.575. The second-order valence-corrected chi connectivity index (χ2v) is 4.77. The first-order valence-electron chi connectivity index (χ1n) is 7.23. The smallest absolute Gasteiger partial charge is 0.353 e. The van der Waals surface area contributed by atoms with Crippen molar-refractivity contribution in [3.63, 3.8) is 0 Å². The van der Waals surface area contributed by atoms with Crippen molar-refractivity contribution in [2.75, 3.05) is 23.7 Å². The van der Waals surface area contributed by atoms with Gasteiger partial charge >= 0.3 is 5.69 Å². The van der Waals surface area contributed by atoms with E-state index in [2.05, 4.69) is 20.6 Å². The van der Waals surface area contributed by atoms with E-state index in [-0.39, 0.29) is 17.3 Å². The van der Waals surface area contributed by atoms with Crippen molar-refractivity contribution in [3.05, 3.63) is 52.3 Å². The lowest BCUT2D eigenvalue weighted by molar-refractivity contribution is -0.383. The number of hydrogen-bond acceptors (Lipinski definition) is 6. The molecule has 2 aromatic rings. The van der Waals surface area contributed by atoms with E-state index in [0.29, 0.717) is 13.1 Å². The third-order valence-electron chi connectivity index (χ3n) is 3.10. The first kappa shape index (κ1) is 15.7. The van der Waals surface area contributed by atoms with E-state index in [1.807, 2.05) is 37.3 Å². The topological polar surface area (TPSA) is 93.0 Å². The molecule has 7 nitrogen and oxygen atoms in total. The zero-order valence-electron chi connectivity index (χ0n) is 12.5. The molecule has 2 rings (SSSR count). The van der Waals surface area contributed by atoms with Gasteiger partial charge in [-0.15, -0.1) is 0 Å². The van der Waals surface area contributed by atoms with Crippen LogP contribution in [-0.2, 0) is 6.42 Å². The van der Waals surface area contributed by atoms with Gasteiger partial charge in [-0.1, -0.05) is 37.3 Å². The maximum Gasteiger partial charge on any atom is 0.353 e. The summed E-state index contributed by atoms with van der Waals surface area (Å²) in [4.78, 5) is 18.8. The maximum atomic E-state index is 11.3. The first-order chi connectivity index (χ1) is 10.7. The molecule has 0 radical (unpaired) electrons. The van der Waals surface area contributed by atoms with Crippen molar-refractivity contribution >= 4 is 17.3 Å². The summed E-state index contributed by atoms with van der Waals surface area (Å²) in [5.41, 5.74) is 1.06. The lowest BCUT2D eigenvalue weighted by Gasteiger charge is -2.09. The van der Waals surface area contributed by atoms with Gasteiger partial charge in [0.25, 0.3) is 0 Å². The van der Waals surface area contributed by atoms with E-state index in [0.717, 1.165) is 18.4 Å². The molecule has 1 aromatic carbocycles. The molecule has 22 heavy (non-hydrogen) atoms. The maximum absolute atomic E-state index is 11.3. The standard InChI is InChI=1S/C15H19N5O2/c1-2-9-16-14-13(20(21)22)15(19-11-18-14)17-10-8-12-6-4-3-5-7-12/h3-7,11H,2,8-10H2,1H3,(H2,16,17,18,19). The van der Waals surface area contributed by atoms with Gasteiger partial charge in [-0.25, -0.2) is 9.97 Å². The zero-order chi connectivity index (χ0) is 15.8. The lowest BCUT2D eigenvalue weighted by Crippen LogP contribution is -2.12. The molecular weight excluding hydrogens is 282 g/mol. The third kappa shape index (κ3) is 4.15. The van der Waals surface area contributed by atoms with Gasteiger partial charge in [0.05, 0.1) is 4.92 Å². The summed E-state index contributed by atoms with van der Waals surface area (Å²) in [5.74, 6) is 0.499. The van der Waals surface area contributed by atoms with Gasteiger partial charge in [-0.3, -0.25) is 10.1 Å². The van der Waals surface area contributed by atoms with Gasteiger partial charge in [0.15, 0.2) is 0 Å². The molecule has 0 saturated carbocycles. The Kier molecular flexibility index (Phi) is 5.65. The van der Waals surface area contributed by atoms with E-state index >= 15 is 0 Å². The fourth-order valence-electron chi connectivity index (χ4n) is 2.02. The number of nitrogens with one attached hydrogen (secondary N) is 2. The van der Waals surface area contributed by atoms with Gasteiger partial charge < -0.3 is 10.6 Å². The summed E-state index contributed by atoms with van der Waals surface area (Å²) in [5, 5.41) is 17.3. The van der Waals surface area contributed by atoms with Crippen molar-refractivity contribution in [1.29, 1.82) is 0 Å². The summed E-state index contributed by atoms with van der Waals surface area (Å²) in [6.07, 6.45) is 2.95. The number of hydrogen-bond donors (Lipinski definition) is 2. The Bertz CT molecular complexity index is 619. The van der Waals surface area contributed by atoms with Crippen molar-refractivity contribution in [2.24, 2.45) is 0 Å². The summed E-state index contributed by atoms with van der Waals surface area (Å²) >= 11 is 0. The molecule has 0 aliphatic heterocycles. The minimum Gasteiger partial charge on any atom is -0.364 e. The molecular formula is C15H19N5O2. The number of anilines is 2. The molecule has 0 fully saturated rings. The fraction of sp³-hybridized carbons (Fsp3) is 0.333. The van der Waals surface area contributed by atoms with Crippen molar-refractivity contribution in [3.8, 4) is 0 Å². The van der Waals surface area contributed by atoms with Crippen LogP contribution in [0.3, 0.4) is 0 Å². The van der Waals surface area contributed by atoms with Crippen LogP contribution in [0.15, 0.2) is 36.7 Å². The molecule has 2 N–H and O–H groups in total. The van der Waals surface area contributed by atoms with E-state index < -0.39 is 4.92 Å². The minimum atomic E-state index is -0.456. The van der Waals surface area contributed by atoms with Crippen LogP contribution in [-0.4, -0.2) is 28.0 Å². The molecule has 0 aliphatic rings. The van der Waals surface area contributed by atoms with Crippen LogP contribution in [0.2, 0.25) is 0 Å². The number of nitrogens with zero attached hydrogens (tertiary/aromatic N) is 3. The van der Waals surface area contributed by atoms with Crippen LogP contribution in [0.4, 0.5) is 17.3 Å². The van der Waals surface area contributed by atoms with Gasteiger partial charge in [0.1, 0.15) is 6.33 Å². The molecule has 1 aromatic heterocycles. The van der Waals surface area contributed by atoms with Gasteiger partial charge in [0.2, 0.25) is 11.6 Å². The average molecular weight is 301 g/mol. The van der Waals surface area contributed by atoms with Crippen LogP contribution < -0.4 is 10.6 Å². The van der Waals surface area contributed by atoms with Crippen molar-refractivity contribution < 1.29 is 4.92 Å². The van der Waals surface area contributed by atoms with Crippen LogP contribution in [0, 0.1) is 10.1 Å². The molecule has 116 valence electrons. The fourth-order valence-corrected chi connectivity index (χ4v) is 2.02. The second kappa shape index (κ2) is 7.92. The number of nitro groups is 1. The minimum absolute atomic E-state index is 0.107. The first-order valence-corrected chi connectivity index (χ1v) is 7.23. The SMILES string of the molecule is CCCNc1ncnc(NCCc2ccccc2)c1[N+](=O)[O-]. The largest absolute Gasteiger partial charge is 0.364 e. The van der Waals surface area contributed by atoms with Crippen LogP contribution in [0.1, 0.15) is 18.9 Å². The lowest BCUT2D eigenvalue weighted by atomic mass is 10.1. The Labute approximate surface area is 129 Å². The van der Waals surface area contributed by atoms with E-state index in [1.165, 1.54) is 6.33 Å². The highest BCUT2D eigenvalue weighted by Gasteiger charge is 2.22. The molecule has 1 heterocycles. The van der Waals surface area contributed by atoms with Crippen molar-refractivity contribution in [1.82, 2.24) is 9.97 Å². The summed E-state index contributed by atoms with van der Waals surface area (Å²) in [6, 6.07) is 9.93. The summed E-state index contributed by atoms with van der Waals surface area (Å²) < 4.78 is 0. The van der Waals surface area contributed by atoms with Gasteiger partial charge in [0, 0.05) is 13.1 Å². The molecule has 0 amide bonds. The second-order valence-electron chi connectivity index (χ2n) is 4.77. The van der Waals surface area contributed by atoms with Gasteiger partial charge in [-0.05, 0) is 18.4 Å². The predicted molar refractivity (Wildman–Crippen MR) is 86.1 cm³/mol. The van der Waals surface area contributed by atoms with Gasteiger partial charge in [-0.2, -0.15) is 0 Å². The van der Waals surface area contributed by atoms with E-state index in [4.69, 9.17) is 0 Å². The zero-order valence-corrected chi connectivity index (χ0v) is 12.5. The average Bonchev–Trinajstić information content (AvgIpc) is 2.53. The Hall–Kier alpha value is -2.70. The Morgan fingerprint density at radius 1 is 1.09 bits per heavy atom. The molecule has 0 unspecified atom stereocenters. The molecule has 0 aliphatic carbocycles. The van der Waals surface area contributed by atoms with E-state index in [1.54, 1.807) is 0 Å². The normalized spacial score (nSPS) is 10.2. The Balaban J connectivity index is 2.07. The van der Waals surface area contributed by atoms with Crippen LogP contribution in [0.25, 0.3) is 0 Å².